The number of oxazole rings is 1. The molecule has 0 unspecified atom stereocenters. The van der Waals surface area contributed by atoms with Crippen LogP contribution in [0.2, 0.25) is 0 Å². The summed E-state index contributed by atoms with van der Waals surface area (Å²) in [5.41, 5.74) is 7.46. The van der Waals surface area contributed by atoms with Gasteiger partial charge in [0.05, 0.1) is 0 Å². The first-order valence-corrected chi connectivity index (χ1v) is 6.12. The van der Waals surface area contributed by atoms with Crippen molar-refractivity contribution in [3.05, 3.63) is 48.3 Å². The fourth-order valence-corrected chi connectivity index (χ4v) is 2.48. The normalized spacial score (nSPS) is 10.9. The zero-order valence-corrected chi connectivity index (χ0v) is 10.1. The summed E-state index contributed by atoms with van der Waals surface area (Å²) in [6.45, 7) is 0. The van der Waals surface area contributed by atoms with E-state index in [1.54, 1.807) is 6.07 Å². The Labute approximate surface area is 107 Å². The molecule has 0 aliphatic heterocycles. The number of nitrogens with zero attached hydrogens (tertiary/aromatic N) is 1. The zero-order chi connectivity index (χ0) is 12.5. The number of fused-ring (bicyclic) bond motifs is 1. The Hall–Kier alpha value is -2.01. The molecule has 3 rings (SSSR count). The van der Waals surface area contributed by atoms with Crippen LogP contribution in [0.15, 0.2) is 57.0 Å². The SMILES string of the molecule is Nc1cc(F)cc(Sc2nc3ccccc3o2)c1. The van der Waals surface area contributed by atoms with Gasteiger partial charge in [-0.25, -0.2) is 9.37 Å². The molecule has 1 aromatic heterocycles. The molecule has 18 heavy (non-hydrogen) atoms. The highest BCUT2D eigenvalue weighted by Gasteiger charge is 2.08. The summed E-state index contributed by atoms with van der Waals surface area (Å²) in [5.74, 6) is -0.367. The average molecular weight is 260 g/mol. The van der Waals surface area contributed by atoms with Crippen LogP contribution in [-0.2, 0) is 0 Å². The van der Waals surface area contributed by atoms with Crippen molar-refractivity contribution in [3.63, 3.8) is 0 Å². The van der Waals surface area contributed by atoms with E-state index in [4.69, 9.17) is 10.2 Å². The minimum atomic E-state index is -0.367. The predicted octanol–water partition coefficient (Wildman–Crippen LogP) is 3.70. The van der Waals surface area contributed by atoms with Gasteiger partial charge in [-0.1, -0.05) is 12.1 Å². The Balaban J connectivity index is 1.96. The number of halogens is 1. The molecule has 0 spiro atoms. The molecule has 0 bridgehead atoms. The molecule has 2 N–H and O–H groups in total. The predicted molar refractivity (Wildman–Crippen MR) is 68.9 cm³/mol. The molecule has 0 saturated heterocycles. The second kappa shape index (κ2) is 4.34. The Morgan fingerprint density at radius 2 is 2.00 bits per heavy atom. The highest BCUT2D eigenvalue weighted by atomic mass is 32.2. The van der Waals surface area contributed by atoms with Gasteiger partial charge in [-0.15, -0.1) is 0 Å². The number of hydrogen-bond donors (Lipinski definition) is 1. The van der Waals surface area contributed by atoms with E-state index in [9.17, 15) is 4.39 Å². The van der Waals surface area contributed by atoms with Crippen molar-refractivity contribution in [2.45, 2.75) is 10.1 Å². The van der Waals surface area contributed by atoms with E-state index < -0.39 is 0 Å². The molecule has 2 aromatic carbocycles. The summed E-state index contributed by atoms with van der Waals surface area (Å²) in [6.07, 6.45) is 0. The molecule has 5 heteroatoms. The van der Waals surface area contributed by atoms with Crippen LogP contribution in [0, 0.1) is 5.82 Å². The van der Waals surface area contributed by atoms with Crippen LogP contribution >= 0.6 is 11.8 Å². The van der Waals surface area contributed by atoms with Crippen molar-refractivity contribution in [2.24, 2.45) is 0 Å². The van der Waals surface area contributed by atoms with Gasteiger partial charge in [-0.05, 0) is 42.1 Å². The highest BCUT2D eigenvalue weighted by Crippen LogP contribution is 2.31. The smallest absolute Gasteiger partial charge is 0.261 e. The molecule has 90 valence electrons. The zero-order valence-electron chi connectivity index (χ0n) is 9.26. The van der Waals surface area contributed by atoms with E-state index in [1.165, 1.54) is 23.9 Å². The largest absolute Gasteiger partial charge is 0.431 e. The first-order chi connectivity index (χ1) is 8.70. The molecule has 0 atom stereocenters. The minimum Gasteiger partial charge on any atom is -0.431 e. The third kappa shape index (κ3) is 2.17. The Kier molecular flexibility index (Phi) is 2.68. The number of para-hydroxylation sites is 2. The lowest BCUT2D eigenvalue weighted by Gasteiger charge is -1.99. The van der Waals surface area contributed by atoms with E-state index >= 15 is 0 Å². The molecule has 3 nitrogen and oxygen atoms in total. The van der Waals surface area contributed by atoms with Gasteiger partial charge < -0.3 is 10.2 Å². The lowest BCUT2D eigenvalue weighted by Crippen LogP contribution is -1.87. The molecule has 3 aromatic rings. The van der Waals surface area contributed by atoms with Gasteiger partial charge in [-0.2, -0.15) is 0 Å². The summed E-state index contributed by atoms with van der Waals surface area (Å²) in [6, 6.07) is 11.8. The van der Waals surface area contributed by atoms with E-state index in [-0.39, 0.29) is 5.82 Å². The standard InChI is InChI=1S/C13H9FN2OS/c14-8-5-9(15)7-10(6-8)18-13-16-11-3-1-2-4-12(11)17-13/h1-7H,15H2. The molecule has 0 amide bonds. The van der Waals surface area contributed by atoms with Crippen LogP contribution in [0.1, 0.15) is 0 Å². The second-order valence-electron chi connectivity index (χ2n) is 3.77. The summed E-state index contributed by atoms with van der Waals surface area (Å²) in [4.78, 5) is 4.97. The number of rotatable bonds is 2. The molecule has 0 aliphatic rings. The second-order valence-corrected chi connectivity index (χ2v) is 4.79. The van der Waals surface area contributed by atoms with Crippen molar-refractivity contribution in [1.29, 1.82) is 0 Å². The summed E-state index contributed by atoms with van der Waals surface area (Å²) < 4.78 is 18.7. The van der Waals surface area contributed by atoms with Gasteiger partial charge in [0, 0.05) is 10.6 Å². The van der Waals surface area contributed by atoms with Crippen molar-refractivity contribution in [3.8, 4) is 0 Å². The monoisotopic (exact) mass is 260 g/mol. The Morgan fingerprint density at radius 3 is 2.78 bits per heavy atom. The maximum atomic E-state index is 13.2. The first kappa shape index (κ1) is 11.1. The quantitative estimate of drug-likeness (QED) is 0.714. The fourth-order valence-electron chi connectivity index (χ4n) is 1.64. The topological polar surface area (TPSA) is 52.0 Å². The Morgan fingerprint density at radius 1 is 1.17 bits per heavy atom. The third-order valence-electron chi connectivity index (χ3n) is 2.37. The number of anilines is 1. The first-order valence-electron chi connectivity index (χ1n) is 5.30. The molecule has 0 aliphatic carbocycles. The van der Waals surface area contributed by atoms with Crippen LogP contribution in [0.25, 0.3) is 11.1 Å². The van der Waals surface area contributed by atoms with Crippen LogP contribution < -0.4 is 5.73 Å². The van der Waals surface area contributed by atoms with Crippen molar-refractivity contribution < 1.29 is 8.81 Å². The van der Waals surface area contributed by atoms with Crippen molar-refractivity contribution >= 4 is 28.5 Å². The fraction of sp³-hybridized carbons (Fsp3) is 0. The van der Waals surface area contributed by atoms with Crippen LogP contribution in [0.4, 0.5) is 10.1 Å². The molecule has 0 saturated carbocycles. The summed E-state index contributed by atoms with van der Waals surface area (Å²) >= 11 is 1.24. The number of nitrogens with two attached hydrogens (primary N) is 1. The highest BCUT2D eigenvalue weighted by molar-refractivity contribution is 7.99. The van der Waals surface area contributed by atoms with Gasteiger partial charge in [0.1, 0.15) is 11.3 Å². The third-order valence-corrected chi connectivity index (χ3v) is 3.19. The molecular formula is C13H9FN2OS. The molecule has 0 radical (unpaired) electrons. The van der Waals surface area contributed by atoms with Crippen LogP contribution in [0.3, 0.4) is 0 Å². The number of benzene rings is 2. The average Bonchev–Trinajstić information content (AvgIpc) is 2.69. The van der Waals surface area contributed by atoms with Crippen LogP contribution in [0.5, 0.6) is 0 Å². The van der Waals surface area contributed by atoms with Gasteiger partial charge in [-0.3, -0.25) is 0 Å². The molecular weight excluding hydrogens is 251 g/mol. The minimum absolute atomic E-state index is 0.367. The van der Waals surface area contributed by atoms with E-state index in [0.717, 1.165) is 5.52 Å². The van der Waals surface area contributed by atoms with E-state index in [0.29, 0.717) is 21.4 Å². The van der Waals surface area contributed by atoms with Crippen molar-refractivity contribution in [1.82, 2.24) is 4.98 Å². The summed E-state index contributed by atoms with van der Waals surface area (Å²) in [7, 11) is 0. The van der Waals surface area contributed by atoms with Gasteiger partial charge in [0.25, 0.3) is 5.22 Å². The Bertz CT molecular complexity index is 658. The number of hydrogen-bond acceptors (Lipinski definition) is 4. The molecule has 1 heterocycles. The lowest BCUT2D eigenvalue weighted by atomic mass is 10.3. The van der Waals surface area contributed by atoms with Crippen LogP contribution in [-0.4, -0.2) is 4.98 Å². The van der Waals surface area contributed by atoms with Gasteiger partial charge in [0.2, 0.25) is 0 Å². The van der Waals surface area contributed by atoms with Gasteiger partial charge in [0.15, 0.2) is 5.58 Å². The van der Waals surface area contributed by atoms with Crippen molar-refractivity contribution in [2.75, 3.05) is 5.73 Å². The summed E-state index contributed by atoms with van der Waals surface area (Å²) in [5, 5.41) is 0.473. The van der Waals surface area contributed by atoms with E-state index in [2.05, 4.69) is 4.98 Å². The lowest BCUT2D eigenvalue weighted by molar-refractivity contribution is 0.489. The maximum Gasteiger partial charge on any atom is 0.261 e. The maximum absolute atomic E-state index is 13.2. The number of nitrogen functional groups attached to an aromatic ring is 1. The van der Waals surface area contributed by atoms with E-state index in [1.807, 2.05) is 24.3 Å². The number of aromatic nitrogens is 1. The molecule has 0 fully saturated rings. The van der Waals surface area contributed by atoms with Gasteiger partial charge >= 0.3 is 0 Å².